The Balaban J connectivity index is 1.91. The van der Waals surface area contributed by atoms with E-state index in [1.54, 1.807) is 18.5 Å². The molecule has 2 heterocycles. The van der Waals surface area contributed by atoms with Gasteiger partial charge < -0.3 is 22.1 Å². The fourth-order valence-corrected chi connectivity index (χ4v) is 2.71. The molecule has 9 heteroatoms. The lowest BCUT2D eigenvalue weighted by atomic mass is 10.1. The Labute approximate surface area is 169 Å². The van der Waals surface area contributed by atoms with Crippen molar-refractivity contribution in [2.45, 2.75) is 19.9 Å². The highest BCUT2D eigenvalue weighted by molar-refractivity contribution is 5.98. The number of rotatable bonds is 8. The molecule has 1 atom stereocenters. The molecule has 0 aliphatic carbocycles. The molecular weight excluding hydrogens is 368 g/mol. The van der Waals surface area contributed by atoms with Gasteiger partial charge in [-0.1, -0.05) is 26.0 Å². The van der Waals surface area contributed by atoms with Crippen molar-refractivity contribution in [2.24, 2.45) is 17.4 Å². The fraction of sp³-hybridized carbons (Fsp3) is 0.250. The number of benzene rings is 1. The van der Waals surface area contributed by atoms with E-state index < -0.39 is 5.91 Å². The normalized spacial score (nSPS) is 11.9. The van der Waals surface area contributed by atoms with Gasteiger partial charge in [-0.05, 0) is 24.1 Å². The van der Waals surface area contributed by atoms with E-state index in [4.69, 9.17) is 11.5 Å². The fourth-order valence-electron chi connectivity index (χ4n) is 2.71. The van der Waals surface area contributed by atoms with E-state index in [1.165, 1.54) is 6.20 Å². The molecule has 150 valence electrons. The quantitative estimate of drug-likeness (QED) is 0.456. The van der Waals surface area contributed by atoms with E-state index in [2.05, 4.69) is 44.4 Å². The maximum atomic E-state index is 11.8. The zero-order chi connectivity index (χ0) is 20.8. The first kappa shape index (κ1) is 20.2. The number of primary amides is 1. The Bertz CT molecular complexity index is 977. The van der Waals surface area contributed by atoms with Gasteiger partial charge in [-0.15, -0.1) is 0 Å². The van der Waals surface area contributed by atoms with Crippen LogP contribution in [0.1, 0.15) is 24.2 Å². The van der Waals surface area contributed by atoms with Gasteiger partial charge in [0.25, 0.3) is 5.91 Å². The molecule has 0 bridgehead atoms. The molecule has 0 saturated carbocycles. The van der Waals surface area contributed by atoms with Crippen LogP contribution in [0.15, 0.2) is 48.9 Å². The van der Waals surface area contributed by atoms with Crippen LogP contribution in [-0.4, -0.2) is 38.4 Å². The summed E-state index contributed by atoms with van der Waals surface area (Å²) in [5.74, 6) is 0.933. The minimum Gasteiger partial charge on any atom is -0.365 e. The van der Waals surface area contributed by atoms with Crippen LogP contribution in [0, 0.1) is 5.92 Å². The second-order valence-corrected chi connectivity index (χ2v) is 6.83. The summed E-state index contributed by atoms with van der Waals surface area (Å²) in [5, 5.41) is 6.34. The molecule has 0 spiro atoms. The highest BCUT2D eigenvalue weighted by Crippen LogP contribution is 2.24. The van der Waals surface area contributed by atoms with Crippen LogP contribution in [0.25, 0.3) is 11.4 Å². The third kappa shape index (κ3) is 5.02. The zero-order valence-corrected chi connectivity index (χ0v) is 16.3. The van der Waals surface area contributed by atoms with Gasteiger partial charge in [-0.25, -0.2) is 15.0 Å². The molecule has 0 aliphatic heterocycles. The summed E-state index contributed by atoms with van der Waals surface area (Å²) in [6, 6.07) is 9.24. The van der Waals surface area contributed by atoms with Crippen molar-refractivity contribution in [1.29, 1.82) is 0 Å². The van der Waals surface area contributed by atoms with E-state index in [0.717, 1.165) is 5.56 Å². The maximum absolute atomic E-state index is 11.8. The molecular formula is C20H24N8O. The molecule has 2 aromatic heterocycles. The molecule has 6 N–H and O–H groups in total. The molecule has 1 amide bonds. The number of hydrogen-bond acceptors (Lipinski definition) is 8. The summed E-state index contributed by atoms with van der Waals surface area (Å²) in [5.41, 5.74) is 13.0. The lowest BCUT2D eigenvalue weighted by molar-refractivity contribution is 0.100. The molecule has 29 heavy (non-hydrogen) atoms. The summed E-state index contributed by atoms with van der Waals surface area (Å²) in [6.45, 7) is 4.54. The SMILES string of the molecule is CC(C)C(CN)Nc1ncc(C(N)=O)c(Nc2cccc(-c3ncccn3)c2)n1. The molecule has 1 aromatic carbocycles. The van der Waals surface area contributed by atoms with E-state index in [1.807, 2.05) is 24.3 Å². The molecule has 3 rings (SSSR count). The molecule has 0 saturated heterocycles. The lowest BCUT2D eigenvalue weighted by Gasteiger charge is -2.21. The lowest BCUT2D eigenvalue weighted by Crippen LogP contribution is -2.34. The van der Waals surface area contributed by atoms with Crippen molar-refractivity contribution in [3.63, 3.8) is 0 Å². The number of nitrogens with zero attached hydrogens (tertiary/aromatic N) is 4. The highest BCUT2D eigenvalue weighted by atomic mass is 16.1. The average molecular weight is 392 g/mol. The predicted molar refractivity (Wildman–Crippen MR) is 113 cm³/mol. The van der Waals surface area contributed by atoms with Crippen molar-refractivity contribution in [2.75, 3.05) is 17.2 Å². The first-order valence-corrected chi connectivity index (χ1v) is 9.26. The molecule has 0 aliphatic rings. The van der Waals surface area contributed by atoms with Gasteiger partial charge in [0.05, 0.1) is 0 Å². The van der Waals surface area contributed by atoms with Crippen LogP contribution >= 0.6 is 0 Å². The van der Waals surface area contributed by atoms with Crippen molar-refractivity contribution in [3.8, 4) is 11.4 Å². The number of aromatic nitrogens is 4. The van der Waals surface area contributed by atoms with Crippen LogP contribution in [0.3, 0.4) is 0 Å². The number of hydrogen-bond donors (Lipinski definition) is 4. The van der Waals surface area contributed by atoms with Gasteiger partial charge in [0.15, 0.2) is 5.82 Å². The van der Waals surface area contributed by atoms with Crippen molar-refractivity contribution < 1.29 is 4.79 Å². The van der Waals surface area contributed by atoms with Crippen LogP contribution < -0.4 is 22.1 Å². The monoisotopic (exact) mass is 392 g/mol. The molecule has 1 unspecified atom stereocenters. The number of nitrogens with one attached hydrogen (secondary N) is 2. The van der Waals surface area contributed by atoms with Gasteiger partial charge >= 0.3 is 0 Å². The highest BCUT2D eigenvalue weighted by Gasteiger charge is 2.16. The van der Waals surface area contributed by atoms with Crippen LogP contribution in [0.4, 0.5) is 17.5 Å². The zero-order valence-electron chi connectivity index (χ0n) is 16.3. The number of amides is 1. The second-order valence-electron chi connectivity index (χ2n) is 6.83. The van der Waals surface area contributed by atoms with Gasteiger partial charge in [0, 0.05) is 42.4 Å². The average Bonchev–Trinajstić information content (AvgIpc) is 2.72. The molecule has 0 fully saturated rings. The number of carbonyl (C=O) groups excluding carboxylic acids is 1. The van der Waals surface area contributed by atoms with E-state index in [9.17, 15) is 4.79 Å². The standard InChI is InChI=1S/C20H24N8O/c1-12(2)16(10-21)27-20-25-11-15(17(22)29)19(28-20)26-14-6-3-5-13(9-14)18-23-7-4-8-24-18/h3-9,11-12,16H,10,21H2,1-2H3,(H2,22,29)(H2,25,26,27,28). The largest absolute Gasteiger partial charge is 0.365 e. The predicted octanol–water partition coefficient (Wildman–Crippen LogP) is 2.17. The van der Waals surface area contributed by atoms with Gasteiger partial charge in [-0.2, -0.15) is 4.98 Å². The van der Waals surface area contributed by atoms with E-state index in [-0.39, 0.29) is 11.6 Å². The summed E-state index contributed by atoms with van der Waals surface area (Å²) >= 11 is 0. The molecule has 0 radical (unpaired) electrons. The third-order valence-corrected chi connectivity index (χ3v) is 4.38. The second kappa shape index (κ2) is 9.07. The third-order valence-electron chi connectivity index (χ3n) is 4.38. The van der Waals surface area contributed by atoms with Crippen LogP contribution in [0.2, 0.25) is 0 Å². The van der Waals surface area contributed by atoms with Crippen molar-refractivity contribution in [3.05, 3.63) is 54.5 Å². The minimum absolute atomic E-state index is 0.000773. The molecule has 9 nitrogen and oxygen atoms in total. The van der Waals surface area contributed by atoms with E-state index in [0.29, 0.717) is 35.7 Å². The van der Waals surface area contributed by atoms with Crippen LogP contribution in [0.5, 0.6) is 0 Å². The Morgan fingerprint density at radius 2 is 1.90 bits per heavy atom. The van der Waals surface area contributed by atoms with Crippen molar-refractivity contribution in [1.82, 2.24) is 19.9 Å². The summed E-state index contributed by atoms with van der Waals surface area (Å²) < 4.78 is 0. The first-order chi connectivity index (χ1) is 14.0. The molecule has 3 aromatic rings. The number of nitrogens with two attached hydrogens (primary N) is 2. The van der Waals surface area contributed by atoms with Gasteiger partial charge in [0.1, 0.15) is 11.4 Å². The summed E-state index contributed by atoms with van der Waals surface area (Å²) in [7, 11) is 0. The topological polar surface area (TPSA) is 145 Å². The summed E-state index contributed by atoms with van der Waals surface area (Å²) in [6.07, 6.45) is 4.76. The van der Waals surface area contributed by atoms with Crippen LogP contribution in [-0.2, 0) is 0 Å². The number of carbonyl (C=O) groups is 1. The smallest absolute Gasteiger partial charge is 0.254 e. The first-order valence-electron chi connectivity index (χ1n) is 9.26. The Morgan fingerprint density at radius 3 is 2.55 bits per heavy atom. The van der Waals surface area contributed by atoms with Gasteiger partial charge in [0.2, 0.25) is 5.95 Å². The minimum atomic E-state index is -0.624. The Hall–Kier alpha value is -3.59. The van der Waals surface area contributed by atoms with Gasteiger partial charge in [-0.3, -0.25) is 4.79 Å². The Kier molecular flexibility index (Phi) is 6.30. The van der Waals surface area contributed by atoms with Crippen molar-refractivity contribution >= 4 is 23.4 Å². The number of anilines is 3. The maximum Gasteiger partial charge on any atom is 0.254 e. The Morgan fingerprint density at radius 1 is 1.14 bits per heavy atom. The summed E-state index contributed by atoms with van der Waals surface area (Å²) in [4.78, 5) is 29.0. The van der Waals surface area contributed by atoms with E-state index >= 15 is 0 Å².